The summed E-state index contributed by atoms with van der Waals surface area (Å²) in [5, 5.41) is 21.4. The molecule has 0 atom stereocenters. The Bertz CT molecular complexity index is 2020. The number of aliphatic carboxylic acids is 1. The van der Waals surface area contributed by atoms with Gasteiger partial charge in [-0.2, -0.15) is 0 Å². The number of fused-ring (bicyclic) bond motifs is 1. The van der Waals surface area contributed by atoms with Crippen LogP contribution in [-0.2, 0) is 17.6 Å². The van der Waals surface area contributed by atoms with Gasteiger partial charge in [-0.05, 0) is 102 Å². The molecular formula is C40H41N3O4. The fourth-order valence-electron chi connectivity index (χ4n) is 5.86. The van der Waals surface area contributed by atoms with Crippen LogP contribution < -0.4 is 4.74 Å². The molecule has 0 unspecified atom stereocenters. The summed E-state index contributed by atoms with van der Waals surface area (Å²) in [5.41, 5.74) is 9.36. The van der Waals surface area contributed by atoms with E-state index in [0.717, 1.165) is 78.4 Å². The minimum absolute atomic E-state index is 0.0665. The van der Waals surface area contributed by atoms with Gasteiger partial charge in [0.15, 0.2) is 0 Å². The summed E-state index contributed by atoms with van der Waals surface area (Å²) in [4.78, 5) is 25.0. The molecule has 47 heavy (non-hydrogen) atoms. The Morgan fingerprint density at radius 3 is 2.17 bits per heavy atom. The van der Waals surface area contributed by atoms with E-state index in [2.05, 4.69) is 58.5 Å². The van der Waals surface area contributed by atoms with Crippen molar-refractivity contribution in [2.24, 2.45) is 0 Å². The molecule has 3 heterocycles. The number of aromatic nitrogens is 3. The zero-order valence-corrected chi connectivity index (χ0v) is 27.8. The van der Waals surface area contributed by atoms with Crippen LogP contribution in [0.1, 0.15) is 51.3 Å². The lowest BCUT2D eigenvalue weighted by Gasteiger charge is -2.22. The lowest BCUT2D eigenvalue weighted by Crippen LogP contribution is -2.10. The molecule has 2 N–H and O–H groups in total. The van der Waals surface area contributed by atoms with E-state index in [1.54, 1.807) is 33.2 Å². The van der Waals surface area contributed by atoms with Crippen LogP contribution in [0.5, 0.6) is 5.75 Å². The summed E-state index contributed by atoms with van der Waals surface area (Å²) in [6.07, 6.45) is 7.74. The molecule has 1 aliphatic rings. The first-order chi connectivity index (χ1) is 22.6. The van der Waals surface area contributed by atoms with Crippen molar-refractivity contribution >= 4 is 27.6 Å². The van der Waals surface area contributed by atoms with Gasteiger partial charge in [-0.3, -0.25) is 9.78 Å². The van der Waals surface area contributed by atoms with E-state index in [4.69, 9.17) is 14.8 Å². The van der Waals surface area contributed by atoms with Crippen LogP contribution in [0.3, 0.4) is 0 Å². The maximum absolute atomic E-state index is 12.0. The second kappa shape index (κ2) is 14.1. The molecule has 0 amide bonds. The summed E-state index contributed by atoms with van der Waals surface area (Å²) in [5.74, 6) is -0.0270. The molecule has 0 aliphatic carbocycles. The summed E-state index contributed by atoms with van der Waals surface area (Å²) in [6.45, 7) is 11.9. The second-order valence-corrected chi connectivity index (χ2v) is 12.3. The van der Waals surface area contributed by atoms with Gasteiger partial charge in [0, 0.05) is 41.5 Å². The van der Waals surface area contributed by atoms with Crippen molar-refractivity contribution in [3.05, 3.63) is 108 Å². The van der Waals surface area contributed by atoms with Crippen molar-refractivity contribution in [3.8, 4) is 39.1 Å². The Morgan fingerprint density at radius 1 is 0.872 bits per heavy atom. The highest BCUT2D eigenvalue weighted by Crippen LogP contribution is 2.43. The molecule has 0 saturated carbocycles. The maximum Gasteiger partial charge on any atom is 0.307 e. The number of nitrogens with zero attached hydrogens (tertiary/aromatic N) is 3. The number of aryl methyl sites for hydroxylation is 1. The van der Waals surface area contributed by atoms with E-state index in [9.17, 15) is 9.90 Å². The topological polar surface area (TPSA) is 105 Å². The minimum atomic E-state index is -0.858. The first-order valence-corrected chi connectivity index (χ1v) is 16.0. The van der Waals surface area contributed by atoms with E-state index in [1.165, 1.54) is 11.9 Å². The van der Waals surface area contributed by atoms with Crippen LogP contribution in [-0.4, -0.2) is 43.3 Å². The number of pyridine rings is 1. The predicted molar refractivity (Wildman–Crippen MR) is 190 cm³/mol. The Balaban J connectivity index is 0.000000569. The Labute approximate surface area is 276 Å². The van der Waals surface area contributed by atoms with Crippen molar-refractivity contribution < 1.29 is 19.7 Å². The number of aliphatic hydroxyl groups is 1. The van der Waals surface area contributed by atoms with Gasteiger partial charge >= 0.3 is 5.97 Å². The van der Waals surface area contributed by atoms with Gasteiger partial charge in [-0.1, -0.05) is 56.3 Å². The maximum atomic E-state index is 12.0. The fourth-order valence-corrected chi connectivity index (χ4v) is 5.86. The standard InChI is InChI=1S/C34H25N3O3.C4H10O.C2H6/c1-20-14-25-15-24(21-2-4-22(5-3-21)26-17-35-19-36-18-26)6-7-27(25)33(29(20)16-31(38)39)28-8-9-30-32-23(11-13-40-30)10-12-37-34(28)32;1-4(2,3)5;1-2/h2-10,12,14-15,17-19H,11,13,16H2,1H3,(H,38,39);5H,1-3H3;1-2H3. The molecule has 0 saturated heterocycles. The second-order valence-electron chi connectivity index (χ2n) is 12.3. The monoisotopic (exact) mass is 627 g/mol. The third-order valence-electron chi connectivity index (χ3n) is 7.75. The normalized spacial score (nSPS) is 12.0. The predicted octanol–water partition coefficient (Wildman–Crippen LogP) is 8.85. The van der Waals surface area contributed by atoms with E-state index in [0.29, 0.717) is 6.61 Å². The molecule has 7 heteroatoms. The highest BCUT2D eigenvalue weighted by molar-refractivity contribution is 6.09. The van der Waals surface area contributed by atoms with Crippen LogP contribution >= 0.6 is 0 Å². The molecule has 0 spiro atoms. The third kappa shape index (κ3) is 7.47. The minimum Gasteiger partial charge on any atom is -0.493 e. The molecule has 6 aromatic rings. The largest absolute Gasteiger partial charge is 0.493 e. The Hall–Kier alpha value is -5.14. The highest BCUT2D eigenvalue weighted by Gasteiger charge is 2.22. The molecule has 0 fully saturated rings. The number of benzene rings is 4. The lowest BCUT2D eigenvalue weighted by atomic mass is 9.86. The van der Waals surface area contributed by atoms with Crippen molar-refractivity contribution in [1.29, 1.82) is 0 Å². The lowest BCUT2D eigenvalue weighted by molar-refractivity contribution is -0.136. The van der Waals surface area contributed by atoms with Crippen LogP contribution in [0.25, 0.3) is 55.1 Å². The van der Waals surface area contributed by atoms with Crippen molar-refractivity contribution in [2.75, 3.05) is 6.61 Å². The first-order valence-electron chi connectivity index (χ1n) is 16.0. The molecule has 2 aromatic heterocycles. The van der Waals surface area contributed by atoms with Crippen molar-refractivity contribution in [2.45, 2.75) is 60.0 Å². The van der Waals surface area contributed by atoms with Gasteiger partial charge in [-0.15, -0.1) is 0 Å². The van der Waals surface area contributed by atoms with Crippen LogP contribution in [0.2, 0.25) is 0 Å². The van der Waals surface area contributed by atoms with Gasteiger partial charge in [0.2, 0.25) is 0 Å². The van der Waals surface area contributed by atoms with Crippen molar-refractivity contribution in [3.63, 3.8) is 0 Å². The molecule has 240 valence electrons. The van der Waals surface area contributed by atoms with E-state index in [-0.39, 0.29) is 6.42 Å². The summed E-state index contributed by atoms with van der Waals surface area (Å²) < 4.78 is 5.95. The van der Waals surface area contributed by atoms with Crippen LogP contribution in [0.4, 0.5) is 0 Å². The zero-order valence-electron chi connectivity index (χ0n) is 27.8. The number of hydrogen-bond donors (Lipinski definition) is 2. The Morgan fingerprint density at radius 2 is 1.51 bits per heavy atom. The van der Waals surface area contributed by atoms with Crippen LogP contribution in [0.15, 0.2) is 91.6 Å². The molecule has 0 radical (unpaired) electrons. The number of carbonyl (C=O) groups is 1. The van der Waals surface area contributed by atoms with Gasteiger partial charge in [0.1, 0.15) is 12.1 Å². The Kier molecular flexibility index (Phi) is 9.97. The van der Waals surface area contributed by atoms with E-state index < -0.39 is 11.6 Å². The van der Waals surface area contributed by atoms with E-state index in [1.807, 2.05) is 45.2 Å². The smallest absolute Gasteiger partial charge is 0.307 e. The van der Waals surface area contributed by atoms with Gasteiger partial charge in [0.25, 0.3) is 0 Å². The molecule has 7 rings (SSSR count). The molecule has 0 bridgehead atoms. The van der Waals surface area contributed by atoms with Crippen molar-refractivity contribution in [1.82, 2.24) is 15.0 Å². The molecule has 7 nitrogen and oxygen atoms in total. The fraction of sp³-hybridized carbons (Fsp3) is 0.250. The number of carboxylic acid groups (broad SMARTS) is 1. The SMILES string of the molecule is CC.CC(C)(C)O.Cc1cc2cc(-c3ccc(-c4cncnc4)cc3)ccc2c(-c2ccc3c4c(ccnc24)CCO3)c1CC(=O)O. The number of hydrogen-bond acceptors (Lipinski definition) is 6. The quantitative estimate of drug-likeness (QED) is 0.197. The number of carboxylic acids is 1. The van der Waals surface area contributed by atoms with Crippen LogP contribution in [0, 0.1) is 6.92 Å². The summed E-state index contributed by atoms with van der Waals surface area (Å²) >= 11 is 0. The zero-order chi connectivity index (χ0) is 33.7. The molecule has 1 aliphatic heterocycles. The van der Waals surface area contributed by atoms with Gasteiger partial charge in [0.05, 0.1) is 24.1 Å². The number of ether oxygens (including phenoxy) is 1. The molecular weight excluding hydrogens is 586 g/mol. The average molecular weight is 628 g/mol. The average Bonchev–Trinajstić information content (AvgIpc) is 3.06. The first kappa shape index (κ1) is 33.2. The summed E-state index contributed by atoms with van der Waals surface area (Å²) in [6, 6.07) is 22.9. The van der Waals surface area contributed by atoms with Gasteiger partial charge < -0.3 is 14.9 Å². The number of rotatable bonds is 5. The van der Waals surface area contributed by atoms with Gasteiger partial charge in [-0.25, -0.2) is 9.97 Å². The third-order valence-corrected chi connectivity index (χ3v) is 7.75. The molecule has 4 aromatic carbocycles. The highest BCUT2D eigenvalue weighted by atomic mass is 16.5. The van der Waals surface area contributed by atoms with E-state index >= 15 is 0 Å². The summed E-state index contributed by atoms with van der Waals surface area (Å²) in [7, 11) is 0.